The monoisotopic (exact) mass is 328 g/mol. The fourth-order valence-electron chi connectivity index (χ4n) is 3.29. The van der Waals surface area contributed by atoms with Gasteiger partial charge >= 0.3 is 0 Å². The van der Waals surface area contributed by atoms with E-state index in [0.717, 1.165) is 6.26 Å². The molecule has 7 nitrogen and oxygen atoms in total. The number of furan rings is 1. The summed E-state index contributed by atoms with van der Waals surface area (Å²) in [6.45, 7) is 4.14. The van der Waals surface area contributed by atoms with E-state index in [0.29, 0.717) is 44.2 Å². The van der Waals surface area contributed by atoms with Gasteiger partial charge in [-0.2, -0.15) is 0 Å². The number of ether oxygens (including phenoxy) is 1. The SMILES string of the molecule is Cc1occc1C(=O)N1C[C@@H]2COC[C@]2(CNS(C)(=O)=O)C1. The molecule has 0 aromatic carbocycles. The minimum Gasteiger partial charge on any atom is -0.469 e. The zero-order chi connectivity index (χ0) is 16.0. The third kappa shape index (κ3) is 2.78. The predicted molar refractivity (Wildman–Crippen MR) is 78.9 cm³/mol. The number of hydrogen-bond acceptors (Lipinski definition) is 5. The largest absolute Gasteiger partial charge is 0.469 e. The molecule has 1 aromatic heterocycles. The molecule has 1 amide bonds. The van der Waals surface area contributed by atoms with Crippen molar-refractivity contribution in [2.24, 2.45) is 11.3 Å². The van der Waals surface area contributed by atoms with E-state index in [9.17, 15) is 13.2 Å². The summed E-state index contributed by atoms with van der Waals surface area (Å²) in [5.41, 5.74) is 0.225. The summed E-state index contributed by atoms with van der Waals surface area (Å²) in [6.07, 6.45) is 2.64. The van der Waals surface area contributed by atoms with Crippen LogP contribution in [-0.4, -0.2) is 58.3 Å². The van der Waals surface area contributed by atoms with Gasteiger partial charge in [0.15, 0.2) is 0 Å². The van der Waals surface area contributed by atoms with E-state index in [1.807, 2.05) is 0 Å². The van der Waals surface area contributed by atoms with Crippen molar-refractivity contribution < 1.29 is 22.4 Å². The van der Waals surface area contributed by atoms with Gasteiger partial charge in [0, 0.05) is 31.0 Å². The van der Waals surface area contributed by atoms with Gasteiger partial charge in [-0.3, -0.25) is 4.79 Å². The van der Waals surface area contributed by atoms with Crippen LogP contribution in [0.25, 0.3) is 0 Å². The molecule has 2 aliphatic rings. The Morgan fingerprint density at radius 1 is 1.55 bits per heavy atom. The van der Waals surface area contributed by atoms with E-state index in [4.69, 9.17) is 9.15 Å². The first-order valence-electron chi connectivity index (χ1n) is 7.16. The number of likely N-dealkylation sites (tertiary alicyclic amines) is 1. The predicted octanol–water partition coefficient (Wildman–Crippen LogP) is 0.226. The summed E-state index contributed by atoms with van der Waals surface area (Å²) in [7, 11) is -3.27. The number of carbonyl (C=O) groups is 1. The molecule has 0 unspecified atom stereocenters. The smallest absolute Gasteiger partial charge is 0.257 e. The van der Waals surface area contributed by atoms with E-state index in [1.165, 1.54) is 6.26 Å². The van der Waals surface area contributed by atoms with Crippen molar-refractivity contribution in [3.05, 3.63) is 23.7 Å². The number of hydrogen-bond donors (Lipinski definition) is 1. The molecule has 2 aliphatic heterocycles. The van der Waals surface area contributed by atoms with Gasteiger partial charge < -0.3 is 14.1 Å². The third-order valence-electron chi connectivity index (χ3n) is 4.58. The van der Waals surface area contributed by atoms with Gasteiger partial charge in [-0.05, 0) is 13.0 Å². The number of nitrogens with one attached hydrogen (secondary N) is 1. The number of carbonyl (C=O) groups excluding carboxylic acids is 1. The molecule has 3 heterocycles. The molecule has 0 spiro atoms. The van der Waals surface area contributed by atoms with E-state index in [-0.39, 0.29) is 17.2 Å². The first-order chi connectivity index (χ1) is 10.3. The number of nitrogens with zero attached hydrogens (tertiary/aromatic N) is 1. The Bertz CT molecular complexity index is 683. The topological polar surface area (TPSA) is 88.8 Å². The molecular formula is C14H20N2O5S. The van der Waals surface area contributed by atoms with Gasteiger partial charge in [0.2, 0.25) is 10.0 Å². The van der Waals surface area contributed by atoms with Crippen LogP contribution in [0.2, 0.25) is 0 Å². The molecule has 0 radical (unpaired) electrons. The van der Waals surface area contributed by atoms with Crippen LogP contribution in [0, 0.1) is 18.3 Å². The van der Waals surface area contributed by atoms with Crippen molar-refractivity contribution in [2.75, 3.05) is 39.1 Å². The number of fused-ring (bicyclic) bond motifs is 1. The lowest BCUT2D eigenvalue weighted by Crippen LogP contribution is -2.43. The Labute approximate surface area is 129 Å². The van der Waals surface area contributed by atoms with Gasteiger partial charge in [0.1, 0.15) is 5.76 Å². The van der Waals surface area contributed by atoms with E-state index < -0.39 is 10.0 Å². The van der Waals surface area contributed by atoms with Gasteiger partial charge in [-0.1, -0.05) is 0 Å². The molecule has 122 valence electrons. The lowest BCUT2D eigenvalue weighted by Gasteiger charge is -2.26. The Hall–Kier alpha value is -1.38. The zero-order valence-electron chi connectivity index (χ0n) is 12.7. The summed E-state index contributed by atoms with van der Waals surface area (Å²) >= 11 is 0. The van der Waals surface area contributed by atoms with Crippen molar-refractivity contribution >= 4 is 15.9 Å². The highest BCUT2D eigenvalue weighted by Gasteiger charge is 2.52. The van der Waals surface area contributed by atoms with E-state index in [1.54, 1.807) is 17.9 Å². The summed E-state index contributed by atoms with van der Waals surface area (Å²) in [4.78, 5) is 14.4. The average molecular weight is 328 g/mol. The van der Waals surface area contributed by atoms with Crippen LogP contribution in [-0.2, 0) is 14.8 Å². The molecule has 0 bridgehead atoms. The maximum absolute atomic E-state index is 12.6. The highest BCUT2D eigenvalue weighted by molar-refractivity contribution is 7.88. The summed E-state index contributed by atoms with van der Waals surface area (Å²) < 4.78 is 36.0. The van der Waals surface area contributed by atoms with Crippen molar-refractivity contribution in [1.29, 1.82) is 0 Å². The molecular weight excluding hydrogens is 308 g/mol. The summed E-state index contributed by atoms with van der Waals surface area (Å²) in [6, 6.07) is 1.67. The fraction of sp³-hybridized carbons (Fsp3) is 0.643. The number of sulfonamides is 1. The highest BCUT2D eigenvalue weighted by Crippen LogP contribution is 2.41. The van der Waals surface area contributed by atoms with Crippen LogP contribution in [0.15, 0.2) is 16.7 Å². The maximum atomic E-state index is 12.6. The lowest BCUT2D eigenvalue weighted by molar-refractivity contribution is 0.0720. The summed E-state index contributed by atoms with van der Waals surface area (Å²) in [5, 5.41) is 0. The lowest BCUT2D eigenvalue weighted by atomic mass is 9.81. The molecule has 0 saturated carbocycles. The molecule has 2 atom stereocenters. The highest BCUT2D eigenvalue weighted by atomic mass is 32.2. The molecule has 1 N–H and O–H groups in total. The molecule has 3 rings (SSSR count). The van der Waals surface area contributed by atoms with Crippen LogP contribution in [0.3, 0.4) is 0 Å². The first kappa shape index (κ1) is 15.5. The third-order valence-corrected chi connectivity index (χ3v) is 5.25. The fourth-order valence-corrected chi connectivity index (χ4v) is 3.84. The average Bonchev–Trinajstić information content (AvgIpc) is 3.08. The minimum atomic E-state index is -3.27. The molecule has 8 heteroatoms. The molecule has 0 aliphatic carbocycles. The Morgan fingerprint density at radius 3 is 2.95 bits per heavy atom. The molecule has 1 aromatic rings. The second-order valence-electron chi connectivity index (χ2n) is 6.24. The first-order valence-corrected chi connectivity index (χ1v) is 9.06. The minimum absolute atomic E-state index is 0.0700. The van der Waals surface area contributed by atoms with Crippen molar-refractivity contribution in [2.45, 2.75) is 6.92 Å². The van der Waals surface area contributed by atoms with Crippen molar-refractivity contribution in [3.8, 4) is 0 Å². The van der Waals surface area contributed by atoms with Crippen LogP contribution in [0.1, 0.15) is 16.1 Å². The van der Waals surface area contributed by atoms with E-state index in [2.05, 4.69) is 4.72 Å². The van der Waals surface area contributed by atoms with Crippen LogP contribution in [0.4, 0.5) is 0 Å². The van der Waals surface area contributed by atoms with Crippen LogP contribution >= 0.6 is 0 Å². The second kappa shape index (κ2) is 5.36. The van der Waals surface area contributed by atoms with E-state index >= 15 is 0 Å². The molecule has 22 heavy (non-hydrogen) atoms. The maximum Gasteiger partial charge on any atom is 0.257 e. The quantitative estimate of drug-likeness (QED) is 0.854. The number of rotatable bonds is 4. The van der Waals surface area contributed by atoms with Crippen LogP contribution < -0.4 is 4.72 Å². The van der Waals surface area contributed by atoms with Crippen LogP contribution in [0.5, 0.6) is 0 Å². The van der Waals surface area contributed by atoms with Gasteiger partial charge in [0.25, 0.3) is 5.91 Å². The Balaban J connectivity index is 1.76. The number of amides is 1. The normalized spacial score (nSPS) is 28.1. The Morgan fingerprint density at radius 2 is 2.32 bits per heavy atom. The summed E-state index contributed by atoms with van der Waals surface area (Å²) in [5.74, 6) is 0.680. The second-order valence-corrected chi connectivity index (χ2v) is 8.08. The molecule has 2 saturated heterocycles. The molecule has 2 fully saturated rings. The number of aryl methyl sites for hydroxylation is 1. The van der Waals surface area contributed by atoms with Crippen molar-refractivity contribution in [1.82, 2.24) is 9.62 Å². The van der Waals surface area contributed by atoms with Gasteiger partial charge in [-0.25, -0.2) is 13.1 Å². The van der Waals surface area contributed by atoms with Crippen molar-refractivity contribution in [3.63, 3.8) is 0 Å². The Kier molecular flexibility index (Phi) is 3.78. The van der Waals surface area contributed by atoms with Gasteiger partial charge in [0.05, 0.1) is 31.3 Å². The van der Waals surface area contributed by atoms with Gasteiger partial charge in [-0.15, -0.1) is 0 Å². The zero-order valence-corrected chi connectivity index (χ0v) is 13.5. The standard InChI is InChI=1S/C14H20N2O5S/c1-10-12(3-4-21-10)13(17)16-5-11-6-20-9-14(11,8-16)7-15-22(2,18)19/h3-4,11,15H,5-9H2,1-2H3/t11-,14+/m1/s1.